The molecule has 0 N–H and O–H groups in total. The largest absolute Gasteiger partial charge is 0.368 e. The second-order valence-electron chi connectivity index (χ2n) is 7.95. The quantitative estimate of drug-likeness (QED) is 0.599. The number of amides is 2. The summed E-state index contributed by atoms with van der Waals surface area (Å²) in [5.74, 6) is 0.0583. The lowest BCUT2D eigenvalue weighted by molar-refractivity contribution is -0.143. The highest BCUT2D eigenvalue weighted by atomic mass is 35.5. The summed E-state index contributed by atoms with van der Waals surface area (Å²) in [5.41, 5.74) is 0. The van der Waals surface area contributed by atoms with E-state index in [1.165, 1.54) is 10.4 Å². The Hall–Kier alpha value is -1.24. The fraction of sp³-hybridized carbons (Fsp3) is 0.684. The van der Waals surface area contributed by atoms with Crippen molar-refractivity contribution in [2.24, 2.45) is 0 Å². The molecule has 3 saturated heterocycles. The van der Waals surface area contributed by atoms with Crippen LogP contribution in [0.2, 0.25) is 4.34 Å². The van der Waals surface area contributed by atoms with E-state index >= 15 is 0 Å². The van der Waals surface area contributed by atoms with E-state index in [1.807, 2.05) is 4.90 Å². The summed E-state index contributed by atoms with van der Waals surface area (Å²) >= 11 is 6.91. The van der Waals surface area contributed by atoms with Gasteiger partial charge in [0.05, 0.1) is 10.9 Å². The summed E-state index contributed by atoms with van der Waals surface area (Å²) in [4.78, 5) is 30.8. The molecule has 0 bridgehead atoms. The highest BCUT2D eigenvalue weighted by Crippen LogP contribution is 2.28. The number of piperazine rings is 2. The summed E-state index contributed by atoms with van der Waals surface area (Å²) in [7, 11) is -3.57. The van der Waals surface area contributed by atoms with E-state index in [0.717, 1.165) is 24.2 Å². The molecule has 0 aromatic carbocycles. The molecule has 4 heterocycles. The topological polar surface area (TPSA) is 90.5 Å². The van der Waals surface area contributed by atoms with Crippen LogP contribution in [0.4, 0.5) is 0 Å². The van der Waals surface area contributed by atoms with Crippen LogP contribution in [0.25, 0.3) is 0 Å². The monoisotopic (exact) mass is 490 g/mol. The van der Waals surface area contributed by atoms with E-state index in [2.05, 4.69) is 4.90 Å². The highest BCUT2D eigenvalue weighted by molar-refractivity contribution is 7.91. The van der Waals surface area contributed by atoms with Crippen LogP contribution in [0.1, 0.15) is 12.8 Å². The van der Waals surface area contributed by atoms with Gasteiger partial charge >= 0.3 is 0 Å². The molecule has 0 radical (unpaired) electrons. The van der Waals surface area contributed by atoms with Gasteiger partial charge in [-0.3, -0.25) is 14.5 Å². The number of hydrogen-bond acceptors (Lipinski definition) is 7. The highest BCUT2D eigenvalue weighted by Gasteiger charge is 2.33. The van der Waals surface area contributed by atoms with Gasteiger partial charge in [0.15, 0.2) is 0 Å². The van der Waals surface area contributed by atoms with Crippen molar-refractivity contribution in [2.75, 3.05) is 65.5 Å². The van der Waals surface area contributed by atoms with Crippen LogP contribution in [0.15, 0.2) is 16.3 Å². The van der Waals surface area contributed by atoms with Crippen LogP contribution in [0, 0.1) is 0 Å². The number of rotatable bonds is 5. The summed E-state index contributed by atoms with van der Waals surface area (Å²) < 4.78 is 33.0. The normalized spacial score (nSPS) is 24.0. The summed E-state index contributed by atoms with van der Waals surface area (Å²) in [6.45, 7) is 4.72. The van der Waals surface area contributed by atoms with Gasteiger partial charge in [0.2, 0.25) is 5.91 Å². The summed E-state index contributed by atoms with van der Waals surface area (Å²) in [6.07, 6.45) is 1.42. The fourth-order valence-electron chi connectivity index (χ4n) is 4.14. The first kappa shape index (κ1) is 22.9. The number of thiophene rings is 1. The third kappa shape index (κ3) is 5.23. The third-order valence-electron chi connectivity index (χ3n) is 5.98. The van der Waals surface area contributed by atoms with Crippen molar-refractivity contribution >= 4 is 44.8 Å². The number of nitrogens with zero attached hydrogens (tertiary/aromatic N) is 4. The molecule has 172 valence electrons. The number of hydrogen-bond donors (Lipinski definition) is 0. The van der Waals surface area contributed by atoms with Gasteiger partial charge in [-0.1, -0.05) is 11.6 Å². The van der Waals surface area contributed by atoms with Crippen LogP contribution in [0.5, 0.6) is 0 Å². The van der Waals surface area contributed by atoms with Crippen molar-refractivity contribution in [3.8, 4) is 0 Å². The van der Waals surface area contributed by atoms with Crippen LogP contribution in [0.3, 0.4) is 0 Å². The SMILES string of the molecule is O=C(CN1CCN(C(=O)C2CCCO2)CC1)N1CCN(S(=O)(=O)c2ccc(Cl)s2)CC1. The number of halogens is 1. The second kappa shape index (κ2) is 9.72. The van der Waals surface area contributed by atoms with Crippen molar-refractivity contribution in [3.63, 3.8) is 0 Å². The minimum Gasteiger partial charge on any atom is -0.368 e. The Morgan fingerprint density at radius 3 is 2.29 bits per heavy atom. The van der Waals surface area contributed by atoms with Gasteiger partial charge in [-0.05, 0) is 25.0 Å². The van der Waals surface area contributed by atoms with Gasteiger partial charge in [-0.15, -0.1) is 11.3 Å². The summed E-state index contributed by atoms with van der Waals surface area (Å²) in [6, 6.07) is 3.09. The molecule has 9 nitrogen and oxygen atoms in total. The number of carbonyl (C=O) groups is 2. The predicted molar refractivity (Wildman–Crippen MR) is 117 cm³/mol. The standard InChI is InChI=1S/C19H27ClN4O5S2/c20-16-3-4-18(30-16)31(27,28)24-11-9-22(10-12-24)17(25)14-21-5-7-23(8-6-21)19(26)15-2-1-13-29-15/h3-4,15H,1-2,5-14H2. The molecule has 0 saturated carbocycles. The minimum absolute atomic E-state index is 0.00452. The molecule has 4 rings (SSSR count). The number of sulfonamides is 1. The molecule has 1 aromatic heterocycles. The van der Waals surface area contributed by atoms with Crippen molar-refractivity contribution in [2.45, 2.75) is 23.2 Å². The zero-order chi connectivity index (χ0) is 22.0. The molecule has 12 heteroatoms. The molecule has 1 aromatic rings. The van der Waals surface area contributed by atoms with E-state index < -0.39 is 10.0 Å². The Bertz CT molecular complexity index is 902. The van der Waals surface area contributed by atoms with E-state index in [-0.39, 0.29) is 41.8 Å². The first-order valence-corrected chi connectivity index (χ1v) is 13.1. The van der Waals surface area contributed by atoms with Crippen LogP contribution < -0.4 is 0 Å². The van der Waals surface area contributed by atoms with Crippen molar-refractivity contribution in [1.82, 2.24) is 19.0 Å². The van der Waals surface area contributed by atoms with Crippen LogP contribution in [-0.2, 0) is 24.3 Å². The predicted octanol–water partition coefficient (Wildman–Crippen LogP) is 0.558. The smallest absolute Gasteiger partial charge is 0.252 e. The zero-order valence-electron chi connectivity index (χ0n) is 17.2. The Kier molecular flexibility index (Phi) is 7.19. The Morgan fingerprint density at radius 1 is 1.03 bits per heavy atom. The first-order valence-electron chi connectivity index (χ1n) is 10.5. The molecule has 3 aliphatic rings. The van der Waals surface area contributed by atoms with E-state index in [0.29, 0.717) is 50.2 Å². The Labute approximate surface area is 191 Å². The van der Waals surface area contributed by atoms with Crippen molar-refractivity contribution in [1.29, 1.82) is 0 Å². The molecule has 2 amide bonds. The average molecular weight is 491 g/mol. The number of ether oxygens (including phenoxy) is 1. The third-order valence-corrected chi connectivity index (χ3v) is 9.58. The minimum atomic E-state index is -3.57. The Balaban J connectivity index is 1.22. The van der Waals surface area contributed by atoms with E-state index in [9.17, 15) is 18.0 Å². The number of carbonyl (C=O) groups excluding carboxylic acids is 2. The van der Waals surface area contributed by atoms with E-state index in [1.54, 1.807) is 11.0 Å². The molecule has 3 aliphatic heterocycles. The molecule has 3 fully saturated rings. The van der Waals surface area contributed by atoms with Crippen molar-refractivity contribution < 1.29 is 22.7 Å². The average Bonchev–Trinajstić information content (AvgIpc) is 3.46. The van der Waals surface area contributed by atoms with Gasteiger partial charge < -0.3 is 14.5 Å². The van der Waals surface area contributed by atoms with Gasteiger partial charge in [0.1, 0.15) is 10.3 Å². The summed E-state index contributed by atoms with van der Waals surface area (Å²) in [5, 5.41) is 0. The molecular weight excluding hydrogens is 464 g/mol. The lowest BCUT2D eigenvalue weighted by Crippen LogP contribution is -2.55. The van der Waals surface area contributed by atoms with E-state index in [4.69, 9.17) is 16.3 Å². The molecule has 0 spiro atoms. The lowest BCUT2D eigenvalue weighted by atomic mass is 10.2. The lowest BCUT2D eigenvalue weighted by Gasteiger charge is -2.38. The van der Waals surface area contributed by atoms with Gasteiger partial charge in [-0.2, -0.15) is 4.31 Å². The van der Waals surface area contributed by atoms with Crippen LogP contribution >= 0.6 is 22.9 Å². The van der Waals surface area contributed by atoms with Gasteiger partial charge in [0, 0.05) is 59.0 Å². The first-order chi connectivity index (χ1) is 14.8. The van der Waals surface area contributed by atoms with Crippen LogP contribution in [-0.4, -0.2) is 111 Å². The maximum atomic E-state index is 12.7. The molecule has 31 heavy (non-hydrogen) atoms. The molecular formula is C19H27ClN4O5S2. The molecule has 0 aliphatic carbocycles. The zero-order valence-corrected chi connectivity index (χ0v) is 19.6. The fourth-order valence-corrected chi connectivity index (χ4v) is 7.19. The second-order valence-corrected chi connectivity index (χ2v) is 11.8. The molecule has 1 unspecified atom stereocenters. The van der Waals surface area contributed by atoms with Gasteiger partial charge in [-0.25, -0.2) is 8.42 Å². The van der Waals surface area contributed by atoms with Gasteiger partial charge in [0.25, 0.3) is 15.9 Å². The Morgan fingerprint density at radius 2 is 1.71 bits per heavy atom. The van der Waals surface area contributed by atoms with Crippen molar-refractivity contribution in [3.05, 3.63) is 16.5 Å². The molecule has 1 atom stereocenters. The maximum Gasteiger partial charge on any atom is 0.252 e. The maximum absolute atomic E-state index is 12.7.